The first-order chi connectivity index (χ1) is 9.93. The Hall–Kier alpha value is -2.06. The molecule has 0 aliphatic rings. The highest BCUT2D eigenvalue weighted by Crippen LogP contribution is 2.15. The molecule has 0 spiro atoms. The fraction of sp³-hybridized carbons (Fsp3) is 0.500. The highest BCUT2D eigenvalue weighted by molar-refractivity contribution is 5.94. The maximum atomic E-state index is 12.4. The highest BCUT2D eigenvalue weighted by Gasteiger charge is 2.16. The summed E-state index contributed by atoms with van der Waals surface area (Å²) >= 11 is 0. The number of benzene rings is 1. The molecule has 21 heavy (non-hydrogen) atoms. The Morgan fingerprint density at radius 1 is 1.33 bits per heavy atom. The minimum absolute atomic E-state index is 0.0124. The smallest absolute Gasteiger partial charge is 0.240 e. The zero-order valence-electron chi connectivity index (χ0n) is 13.0. The van der Waals surface area contributed by atoms with Crippen molar-refractivity contribution < 1.29 is 4.79 Å². The van der Waals surface area contributed by atoms with Gasteiger partial charge in [0, 0.05) is 37.9 Å². The predicted octanol–water partition coefficient (Wildman–Crippen LogP) is 2.10. The number of amides is 1. The lowest BCUT2D eigenvalue weighted by Gasteiger charge is -2.25. The second kappa shape index (κ2) is 8.28. The van der Waals surface area contributed by atoms with E-state index in [1.54, 1.807) is 24.1 Å². The Labute approximate surface area is 126 Å². The maximum absolute atomic E-state index is 12.4. The van der Waals surface area contributed by atoms with Gasteiger partial charge in [-0.25, -0.2) is 0 Å². The third-order valence-corrected chi connectivity index (χ3v) is 3.18. The molecule has 0 atom stereocenters. The molecule has 0 aliphatic heterocycles. The number of carbonyl (C=O) groups is 1. The van der Waals surface area contributed by atoms with Crippen molar-refractivity contribution in [3.05, 3.63) is 24.3 Å². The van der Waals surface area contributed by atoms with Crippen molar-refractivity contribution in [2.24, 2.45) is 5.92 Å². The molecule has 0 radical (unpaired) electrons. The predicted molar refractivity (Wildman–Crippen MR) is 85.8 cm³/mol. The summed E-state index contributed by atoms with van der Waals surface area (Å²) in [4.78, 5) is 16.0. The van der Waals surface area contributed by atoms with E-state index in [9.17, 15) is 4.79 Å². The summed E-state index contributed by atoms with van der Waals surface area (Å²) in [6.07, 6.45) is 0.436. The summed E-state index contributed by atoms with van der Waals surface area (Å²) in [6, 6.07) is 9.35. The number of hydrogen-bond acceptors (Lipinski definition) is 4. The number of hydrogen-bond donors (Lipinski definition) is 1. The first-order valence-electron chi connectivity index (χ1n) is 7.15. The minimum Gasteiger partial charge on any atom is -0.399 e. The SMILES string of the molecule is CC(C)CN(CCC#N)CC(=O)N(C)c1ccc(N)cc1. The van der Waals surface area contributed by atoms with E-state index >= 15 is 0 Å². The van der Waals surface area contributed by atoms with Crippen LogP contribution in [-0.4, -0.2) is 37.5 Å². The van der Waals surface area contributed by atoms with Gasteiger partial charge in [-0.15, -0.1) is 0 Å². The van der Waals surface area contributed by atoms with Gasteiger partial charge in [-0.05, 0) is 30.2 Å². The molecule has 0 heterocycles. The Kier molecular flexibility index (Phi) is 6.70. The van der Waals surface area contributed by atoms with Gasteiger partial charge in [-0.2, -0.15) is 5.26 Å². The lowest BCUT2D eigenvalue weighted by molar-refractivity contribution is -0.119. The number of nitrogens with two attached hydrogens (primary N) is 1. The van der Waals surface area contributed by atoms with Gasteiger partial charge in [0.1, 0.15) is 0 Å². The molecule has 0 saturated heterocycles. The monoisotopic (exact) mass is 288 g/mol. The van der Waals surface area contributed by atoms with Crippen LogP contribution in [0.25, 0.3) is 0 Å². The van der Waals surface area contributed by atoms with Crippen LogP contribution in [0, 0.1) is 17.2 Å². The van der Waals surface area contributed by atoms with Crippen molar-refractivity contribution in [2.45, 2.75) is 20.3 Å². The van der Waals surface area contributed by atoms with Crippen LogP contribution in [0.4, 0.5) is 11.4 Å². The molecule has 5 nitrogen and oxygen atoms in total. The van der Waals surface area contributed by atoms with Gasteiger partial charge in [0.15, 0.2) is 0 Å². The number of nitrogens with zero attached hydrogens (tertiary/aromatic N) is 3. The Bertz CT molecular complexity index is 490. The van der Waals surface area contributed by atoms with Gasteiger partial charge in [0.25, 0.3) is 0 Å². The molecule has 1 rings (SSSR count). The van der Waals surface area contributed by atoms with Crippen LogP contribution in [0.1, 0.15) is 20.3 Å². The Balaban J connectivity index is 2.67. The number of anilines is 2. The highest BCUT2D eigenvalue weighted by atomic mass is 16.2. The first-order valence-corrected chi connectivity index (χ1v) is 7.15. The van der Waals surface area contributed by atoms with Crippen LogP contribution < -0.4 is 10.6 Å². The van der Waals surface area contributed by atoms with Gasteiger partial charge in [0.2, 0.25) is 5.91 Å². The van der Waals surface area contributed by atoms with Crippen LogP contribution in [0.5, 0.6) is 0 Å². The van der Waals surface area contributed by atoms with E-state index in [2.05, 4.69) is 19.9 Å². The number of nitriles is 1. The van der Waals surface area contributed by atoms with Crippen molar-refractivity contribution in [1.82, 2.24) is 4.90 Å². The van der Waals surface area contributed by atoms with Crippen molar-refractivity contribution in [3.63, 3.8) is 0 Å². The molecule has 1 aromatic rings. The Morgan fingerprint density at radius 3 is 2.48 bits per heavy atom. The molecular weight excluding hydrogens is 264 g/mol. The molecule has 1 aromatic carbocycles. The summed E-state index contributed by atoms with van der Waals surface area (Å²) in [5, 5.41) is 8.71. The molecule has 0 saturated carbocycles. The van der Waals surface area contributed by atoms with Crippen LogP contribution >= 0.6 is 0 Å². The topological polar surface area (TPSA) is 73.4 Å². The average molecular weight is 288 g/mol. The van der Waals surface area contributed by atoms with Crippen molar-refractivity contribution in [1.29, 1.82) is 5.26 Å². The number of rotatable bonds is 7. The molecule has 0 unspecified atom stereocenters. The molecule has 2 N–H and O–H groups in total. The first kappa shape index (κ1) is 17.0. The molecule has 114 valence electrons. The Morgan fingerprint density at radius 2 is 1.95 bits per heavy atom. The zero-order chi connectivity index (χ0) is 15.8. The standard InChI is InChI=1S/C16H24N4O/c1-13(2)11-20(10-4-9-17)12-16(21)19(3)15-7-5-14(18)6-8-15/h5-8,13H,4,10-12,18H2,1-3H3. The van der Waals surface area contributed by atoms with Crippen molar-refractivity contribution in [2.75, 3.05) is 37.3 Å². The normalized spacial score (nSPS) is 10.7. The summed E-state index contributed by atoms with van der Waals surface area (Å²) in [5.41, 5.74) is 7.15. The average Bonchev–Trinajstić information content (AvgIpc) is 2.44. The molecule has 0 fully saturated rings. The van der Waals surface area contributed by atoms with Gasteiger partial charge in [-0.3, -0.25) is 9.69 Å². The minimum atomic E-state index is 0.0124. The van der Waals surface area contributed by atoms with Gasteiger partial charge in [0.05, 0.1) is 12.6 Å². The number of likely N-dealkylation sites (N-methyl/N-ethyl adjacent to an activating group) is 1. The van der Waals surface area contributed by atoms with E-state index in [1.807, 2.05) is 17.0 Å². The van der Waals surface area contributed by atoms with E-state index in [1.165, 1.54) is 0 Å². The summed E-state index contributed by atoms with van der Waals surface area (Å²) in [7, 11) is 1.76. The van der Waals surface area contributed by atoms with Crippen LogP contribution in [0.15, 0.2) is 24.3 Å². The summed E-state index contributed by atoms with van der Waals surface area (Å²) in [6.45, 7) is 5.96. The lowest BCUT2D eigenvalue weighted by atomic mass is 10.2. The molecule has 0 aromatic heterocycles. The largest absolute Gasteiger partial charge is 0.399 e. The van der Waals surface area contributed by atoms with Gasteiger partial charge in [-0.1, -0.05) is 13.8 Å². The third-order valence-electron chi connectivity index (χ3n) is 3.18. The van der Waals surface area contributed by atoms with Crippen LogP contribution in [-0.2, 0) is 4.79 Å². The molecular formula is C16H24N4O. The zero-order valence-corrected chi connectivity index (χ0v) is 13.0. The van der Waals surface area contributed by atoms with Crippen molar-refractivity contribution in [3.8, 4) is 6.07 Å². The second-order valence-corrected chi connectivity index (χ2v) is 5.58. The van der Waals surface area contributed by atoms with E-state index in [0.717, 1.165) is 12.2 Å². The van der Waals surface area contributed by atoms with E-state index in [4.69, 9.17) is 11.0 Å². The fourth-order valence-corrected chi connectivity index (χ4v) is 2.10. The van der Waals surface area contributed by atoms with Gasteiger partial charge < -0.3 is 10.6 Å². The van der Waals surface area contributed by atoms with E-state index < -0.39 is 0 Å². The number of nitrogen functional groups attached to an aromatic ring is 1. The fourth-order valence-electron chi connectivity index (χ4n) is 2.10. The quantitative estimate of drug-likeness (QED) is 0.780. The molecule has 1 amide bonds. The number of carbonyl (C=O) groups excluding carboxylic acids is 1. The van der Waals surface area contributed by atoms with Crippen LogP contribution in [0.3, 0.4) is 0 Å². The summed E-state index contributed by atoms with van der Waals surface area (Å²) in [5.74, 6) is 0.469. The summed E-state index contributed by atoms with van der Waals surface area (Å²) < 4.78 is 0. The molecule has 0 aliphatic carbocycles. The van der Waals surface area contributed by atoms with E-state index in [-0.39, 0.29) is 5.91 Å². The van der Waals surface area contributed by atoms with Crippen LogP contribution in [0.2, 0.25) is 0 Å². The molecule has 5 heteroatoms. The second-order valence-electron chi connectivity index (χ2n) is 5.58. The third kappa shape index (κ3) is 5.84. The van der Waals surface area contributed by atoms with Crippen molar-refractivity contribution >= 4 is 17.3 Å². The molecule has 0 bridgehead atoms. The maximum Gasteiger partial charge on any atom is 0.240 e. The lowest BCUT2D eigenvalue weighted by Crippen LogP contribution is -2.40. The van der Waals surface area contributed by atoms with E-state index in [0.29, 0.717) is 31.1 Å². The van der Waals surface area contributed by atoms with Gasteiger partial charge >= 0.3 is 0 Å².